The first-order valence-corrected chi connectivity index (χ1v) is 6.71. The van der Waals surface area contributed by atoms with Crippen LogP contribution in [-0.2, 0) is 0 Å². The summed E-state index contributed by atoms with van der Waals surface area (Å²) in [6.45, 7) is 1.91. The number of aromatic amines is 1. The highest BCUT2D eigenvalue weighted by atomic mass is 16.5. The molecule has 0 radical (unpaired) electrons. The molecule has 1 aromatic heterocycles. The van der Waals surface area contributed by atoms with E-state index in [9.17, 15) is 4.79 Å². The summed E-state index contributed by atoms with van der Waals surface area (Å²) in [4.78, 5) is 18.5. The number of hydrogen-bond acceptors (Lipinski definition) is 5. The molecule has 0 saturated carbocycles. The van der Waals surface area contributed by atoms with E-state index in [1.165, 1.54) is 6.33 Å². The number of piperidine rings is 1. The molecule has 1 aliphatic heterocycles. The van der Waals surface area contributed by atoms with Gasteiger partial charge in [0.2, 0.25) is 0 Å². The fourth-order valence-corrected chi connectivity index (χ4v) is 2.42. The van der Waals surface area contributed by atoms with Crippen LogP contribution in [0.4, 0.5) is 0 Å². The summed E-state index contributed by atoms with van der Waals surface area (Å²) in [6.07, 6.45) is 3.49. The normalized spacial score (nSPS) is 16.2. The molecule has 106 valence electrons. The van der Waals surface area contributed by atoms with Gasteiger partial charge in [-0.2, -0.15) is 0 Å². The van der Waals surface area contributed by atoms with Crippen LogP contribution < -0.4 is 20.3 Å². The number of ether oxygens (including phenoxy) is 2. The first kappa shape index (κ1) is 12.9. The van der Waals surface area contributed by atoms with Crippen molar-refractivity contribution in [1.82, 2.24) is 15.3 Å². The third-order valence-electron chi connectivity index (χ3n) is 3.51. The van der Waals surface area contributed by atoms with Gasteiger partial charge in [0.1, 0.15) is 6.10 Å². The van der Waals surface area contributed by atoms with Gasteiger partial charge >= 0.3 is 0 Å². The van der Waals surface area contributed by atoms with E-state index in [0.717, 1.165) is 25.9 Å². The largest absolute Gasteiger partial charge is 0.493 e. The lowest BCUT2D eigenvalue weighted by Gasteiger charge is -2.24. The molecular weight excluding hydrogens is 258 g/mol. The molecule has 1 aliphatic rings. The van der Waals surface area contributed by atoms with Crippen LogP contribution in [0.5, 0.6) is 11.5 Å². The summed E-state index contributed by atoms with van der Waals surface area (Å²) in [5.74, 6) is 1.21. The lowest BCUT2D eigenvalue weighted by Crippen LogP contribution is -2.34. The van der Waals surface area contributed by atoms with E-state index in [0.29, 0.717) is 22.4 Å². The van der Waals surface area contributed by atoms with Gasteiger partial charge < -0.3 is 19.8 Å². The van der Waals surface area contributed by atoms with Gasteiger partial charge in [-0.15, -0.1) is 0 Å². The van der Waals surface area contributed by atoms with E-state index in [1.807, 2.05) is 0 Å². The average molecular weight is 275 g/mol. The van der Waals surface area contributed by atoms with Gasteiger partial charge in [-0.05, 0) is 32.0 Å². The molecular formula is C14H17N3O3. The zero-order chi connectivity index (χ0) is 13.9. The van der Waals surface area contributed by atoms with E-state index in [4.69, 9.17) is 9.47 Å². The van der Waals surface area contributed by atoms with Gasteiger partial charge in [-0.3, -0.25) is 4.79 Å². The first-order valence-electron chi connectivity index (χ1n) is 6.71. The Morgan fingerprint density at radius 1 is 1.25 bits per heavy atom. The maximum atomic E-state index is 11.7. The van der Waals surface area contributed by atoms with Gasteiger partial charge in [0.05, 0.1) is 24.3 Å². The zero-order valence-corrected chi connectivity index (χ0v) is 11.3. The van der Waals surface area contributed by atoms with Gasteiger partial charge in [-0.25, -0.2) is 4.98 Å². The molecule has 0 aliphatic carbocycles. The minimum absolute atomic E-state index is 0.171. The highest BCUT2D eigenvalue weighted by Crippen LogP contribution is 2.32. The Balaban J connectivity index is 1.98. The molecule has 1 fully saturated rings. The Bertz CT molecular complexity index is 662. The average Bonchev–Trinajstić information content (AvgIpc) is 2.48. The summed E-state index contributed by atoms with van der Waals surface area (Å²) in [6, 6.07) is 3.45. The predicted octanol–water partition coefficient (Wildman–Crippen LogP) is 1.06. The van der Waals surface area contributed by atoms with Gasteiger partial charge in [0.25, 0.3) is 5.56 Å². The standard InChI is InChI=1S/C14H17N3O3/c1-19-12-6-10-11(16-8-17-14(10)18)7-13(12)20-9-2-4-15-5-3-9/h6-9,15H,2-5H2,1H3,(H,16,17,18). The summed E-state index contributed by atoms with van der Waals surface area (Å²) in [7, 11) is 1.57. The number of rotatable bonds is 3. The SMILES string of the molecule is COc1cc2c(=O)[nH]cnc2cc1OC1CCNCC1. The van der Waals surface area contributed by atoms with E-state index in [-0.39, 0.29) is 11.7 Å². The fourth-order valence-electron chi connectivity index (χ4n) is 2.42. The molecule has 0 amide bonds. The van der Waals surface area contributed by atoms with Gasteiger partial charge in [0.15, 0.2) is 11.5 Å². The van der Waals surface area contributed by atoms with Crippen molar-refractivity contribution < 1.29 is 9.47 Å². The summed E-state index contributed by atoms with van der Waals surface area (Å²) in [5, 5.41) is 3.80. The Hall–Kier alpha value is -2.08. The minimum atomic E-state index is -0.179. The van der Waals surface area contributed by atoms with Crippen LogP contribution in [-0.4, -0.2) is 36.3 Å². The number of H-pyrrole nitrogens is 1. The van der Waals surface area contributed by atoms with Crippen LogP contribution in [0.1, 0.15) is 12.8 Å². The van der Waals surface area contributed by atoms with Gasteiger partial charge in [0, 0.05) is 6.07 Å². The Morgan fingerprint density at radius 2 is 2.05 bits per heavy atom. The van der Waals surface area contributed by atoms with Crippen molar-refractivity contribution in [2.24, 2.45) is 0 Å². The predicted molar refractivity (Wildman–Crippen MR) is 75.4 cm³/mol. The topological polar surface area (TPSA) is 76.2 Å². The molecule has 6 nitrogen and oxygen atoms in total. The molecule has 1 aromatic carbocycles. The monoisotopic (exact) mass is 275 g/mol. The number of fused-ring (bicyclic) bond motifs is 1. The second-order valence-corrected chi connectivity index (χ2v) is 4.82. The summed E-state index contributed by atoms with van der Waals surface area (Å²) in [5.41, 5.74) is 0.431. The number of methoxy groups -OCH3 is 1. The smallest absolute Gasteiger partial charge is 0.258 e. The molecule has 0 bridgehead atoms. The van der Waals surface area contributed by atoms with Crippen LogP contribution in [0.15, 0.2) is 23.3 Å². The minimum Gasteiger partial charge on any atom is -0.493 e. The van der Waals surface area contributed by atoms with Crippen molar-refractivity contribution in [3.8, 4) is 11.5 Å². The summed E-state index contributed by atoms with van der Waals surface area (Å²) >= 11 is 0. The van der Waals surface area contributed by atoms with Crippen molar-refractivity contribution >= 4 is 10.9 Å². The number of hydrogen-bond donors (Lipinski definition) is 2. The lowest BCUT2D eigenvalue weighted by atomic mass is 10.1. The zero-order valence-electron chi connectivity index (χ0n) is 11.3. The maximum Gasteiger partial charge on any atom is 0.258 e. The molecule has 2 N–H and O–H groups in total. The van der Waals surface area contributed by atoms with Crippen LogP contribution in [0, 0.1) is 0 Å². The van der Waals surface area contributed by atoms with Crippen LogP contribution in [0.3, 0.4) is 0 Å². The highest BCUT2D eigenvalue weighted by molar-refractivity contribution is 5.81. The molecule has 6 heteroatoms. The van der Waals surface area contributed by atoms with Crippen LogP contribution in [0.25, 0.3) is 10.9 Å². The summed E-state index contributed by atoms with van der Waals surface area (Å²) < 4.78 is 11.3. The van der Waals surface area contributed by atoms with Crippen LogP contribution >= 0.6 is 0 Å². The molecule has 1 saturated heterocycles. The highest BCUT2D eigenvalue weighted by Gasteiger charge is 2.17. The van der Waals surface area contributed by atoms with Crippen molar-refractivity contribution in [3.05, 3.63) is 28.8 Å². The molecule has 0 spiro atoms. The Morgan fingerprint density at radius 3 is 2.80 bits per heavy atom. The van der Waals surface area contributed by atoms with Crippen molar-refractivity contribution in [2.45, 2.75) is 18.9 Å². The van der Waals surface area contributed by atoms with Crippen molar-refractivity contribution in [2.75, 3.05) is 20.2 Å². The number of aromatic nitrogens is 2. The molecule has 0 atom stereocenters. The van der Waals surface area contributed by atoms with Crippen molar-refractivity contribution in [1.29, 1.82) is 0 Å². The molecule has 2 heterocycles. The van der Waals surface area contributed by atoms with Crippen LogP contribution in [0.2, 0.25) is 0 Å². The molecule has 3 rings (SSSR count). The second-order valence-electron chi connectivity index (χ2n) is 4.82. The quantitative estimate of drug-likeness (QED) is 0.876. The Kier molecular flexibility index (Phi) is 3.56. The second kappa shape index (κ2) is 5.50. The van der Waals surface area contributed by atoms with E-state index >= 15 is 0 Å². The van der Waals surface area contributed by atoms with E-state index in [1.54, 1.807) is 19.2 Å². The van der Waals surface area contributed by atoms with Gasteiger partial charge in [-0.1, -0.05) is 0 Å². The number of benzene rings is 1. The Labute approximate surface area is 116 Å². The number of nitrogens with one attached hydrogen (secondary N) is 2. The molecule has 20 heavy (non-hydrogen) atoms. The maximum absolute atomic E-state index is 11.7. The number of nitrogens with zero attached hydrogens (tertiary/aromatic N) is 1. The van der Waals surface area contributed by atoms with Crippen molar-refractivity contribution in [3.63, 3.8) is 0 Å². The molecule has 2 aromatic rings. The van der Waals surface area contributed by atoms with E-state index in [2.05, 4.69) is 15.3 Å². The third kappa shape index (κ3) is 2.46. The van der Waals surface area contributed by atoms with E-state index < -0.39 is 0 Å². The molecule has 0 unspecified atom stereocenters. The third-order valence-corrected chi connectivity index (χ3v) is 3.51. The fraction of sp³-hybridized carbons (Fsp3) is 0.429. The lowest BCUT2D eigenvalue weighted by molar-refractivity contribution is 0.157. The first-order chi connectivity index (χ1) is 9.78.